The minimum Gasteiger partial charge on any atom is -0.0628 e. The van der Waals surface area contributed by atoms with Gasteiger partial charge in [-0.15, -0.1) is 0 Å². The van der Waals surface area contributed by atoms with Crippen LogP contribution in [0, 0.1) is 23.2 Å². The van der Waals surface area contributed by atoms with Crippen LogP contribution in [0.15, 0.2) is 0 Å². The Bertz CT molecular complexity index is 135. The molecule has 0 spiro atoms. The van der Waals surface area contributed by atoms with Crippen molar-refractivity contribution in [1.82, 2.24) is 0 Å². The second kappa shape index (κ2) is 2.80. The summed E-state index contributed by atoms with van der Waals surface area (Å²) in [7, 11) is 0. The summed E-state index contributed by atoms with van der Waals surface area (Å²) < 4.78 is 0. The maximum absolute atomic E-state index is 2.45. The zero-order valence-corrected chi connectivity index (χ0v) is 8.65. The Hall–Kier alpha value is 0. The molecule has 0 radical (unpaired) electrons. The van der Waals surface area contributed by atoms with Gasteiger partial charge in [-0.1, -0.05) is 34.6 Å². The van der Waals surface area contributed by atoms with Crippen molar-refractivity contribution in [3.63, 3.8) is 0 Å². The van der Waals surface area contributed by atoms with Crippen LogP contribution in [-0.4, -0.2) is 0 Å². The van der Waals surface area contributed by atoms with Gasteiger partial charge in [-0.3, -0.25) is 0 Å². The Kier molecular flexibility index (Phi) is 2.32. The van der Waals surface area contributed by atoms with E-state index in [1.165, 1.54) is 12.8 Å². The van der Waals surface area contributed by atoms with Crippen LogP contribution in [0.25, 0.3) is 0 Å². The van der Waals surface area contributed by atoms with E-state index >= 15 is 0 Å². The van der Waals surface area contributed by atoms with Crippen molar-refractivity contribution in [1.29, 1.82) is 0 Å². The van der Waals surface area contributed by atoms with Crippen LogP contribution in [0.1, 0.15) is 47.5 Å². The first kappa shape index (κ1) is 9.09. The lowest BCUT2D eigenvalue weighted by atomic mass is 9.89. The molecule has 0 saturated heterocycles. The van der Waals surface area contributed by atoms with Gasteiger partial charge >= 0.3 is 0 Å². The normalized spacial score (nSPS) is 36.8. The monoisotopic (exact) mass is 154 g/mol. The highest BCUT2D eigenvalue weighted by Gasteiger charge is 2.51. The molecule has 1 saturated carbocycles. The molecule has 0 aliphatic heterocycles. The molecule has 0 nitrogen and oxygen atoms in total. The number of hydrogen-bond acceptors (Lipinski definition) is 0. The van der Waals surface area contributed by atoms with E-state index in [0.29, 0.717) is 5.41 Å². The van der Waals surface area contributed by atoms with Gasteiger partial charge < -0.3 is 0 Å². The molecule has 1 fully saturated rings. The van der Waals surface area contributed by atoms with Gasteiger partial charge in [0, 0.05) is 0 Å². The largest absolute Gasteiger partial charge is 0.0628 e. The van der Waals surface area contributed by atoms with Crippen LogP contribution in [-0.2, 0) is 0 Å². The van der Waals surface area contributed by atoms with Gasteiger partial charge in [-0.2, -0.15) is 0 Å². The summed E-state index contributed by atoms with van der Waals surface area (Å²) in [5.41, 5.74) is 0.699. The van der Waals surface area contributed by atoms with E-state index in [0.717, 1.165) is 17.8 Å². The molecule has 11 heavy (non-hydrogen) atoms. The van der Waals surface area contributed by atoms with E-state index in [-0.39, 0.29) is 0 Å². The lowest BCUT2D eigenvalue weighted by molar-refractivity contribution is 0.334. The van der Waals surface area contributed by atoms with Crippen LogP contribution >= 0.6 is 0 Å². The zero-order chi connectivity index (χ0) is 8.65. The summed E-state index contributed by atoms with van der Waals surface area (Å²) in [6.45, 7) is 11.8. The Balaban J connectivity index is 2.35. The average molecular weight is 154 g/mol. The number of rotatable bonds is 3. The molecule has 2 unspecified atom stereocenters. The maximum Gasteiger partial charge on any atom is -0.0271 e. The first-order valence-corrected chi connectivity index (χ1v) is 4.97. The van der Waals surface area contributed by atoms with E-state index in [1.54, 1.807) is 0 Å². The van der Waals surface area contributed by atoms with Crippen LogP contribution in [0.3, 0.4) is 0 Å². The molecule has 0 aromatic rings. The van der Waals surface area contributed by atoms with E-state index in [9.17, 15) is 0 Å². The van der Waals surface area contributed by atoms with Crippen molar-refractivity contribution in [2.75, 3.05) is 0 Å². The number of hydrogen-bond donors (Lipinski definition) is 0. The Labute approximate surface area is 71.4 Å². The standard InChI is InChI=1S/C11H22/c1-8(2)6-10-7-11(10,5)9(3)4/h8-10H,6-7H2,1-5H3. The summed E-state index contributed by atoms with van der Waals surface area (Å²) in [4.78, 5) is 0. The molecule has 1 aliphatic rings. The minimum atomic E-state index is 0.699. The second-order valence-electron chi connectivity index (χ2n) is 5.19. The zero-order valence-electron chi connectivity index (χ0n) is 8.65. The predicted octanol–water partition coefficient (Wildman–Crippen LogP) is 3.71. The minimum absolute atomic E-state index is 0.699. The van der Waals surface area contributed by atoms with E-state index in [4.69, 9.17) is 0 Å². The molecular formula is C11H22. The summed E-state index contributed by atoms with van der Waals surface area (Å²) in [5, 5.41) is 0. The first-order valence-electron chi connectivity index (χ1n) is 4.97. The van der Waals surface area contributed by atoms with E-state index in [2.05, 4.69) is 34.6 Å². The van der Waals surface area contributed by atoms with Crippen LogP contribution in [0.5, 0.6) is 0 Å². The fourth-order valence-electron chi connectivity index (χ4n) is 2.10. The van der Waals surface area contributed by atoms with Crippen LogP contribution in [0.4, 0.5) is 0 Å². The summed E-state index contributed by atoms with van der Waals surface area (Å²) in [6.07, 6.45) is 2.91. The Morgan fingerprint density at radius 1 is 1.27 bits per heavy atom. The van der Waals surface area contributed by atoms with Crippen molar-refractivity contribution >= 4 is 0 Å². The molecule has 66 valence electrons. The van der Waals surface area contributed by atoms with Crippen molar-refractivity contribution in [2.24, 2.45) is 23.2 Å². The summed E-state index contributed by atoms with van der Waals surface area (Å²) in [5.74, 6) is 2.80. The SMILES string of the molecule is CC(C)CC1CC1(C)C(C)C. The molecule has 2 atom stereocenters. The third kappa shape index (κ3) is 1.77. The highest BCUT2D eigenvalue weighted by molar-refractivity contribution is 5.00. The quantitative estimate of drug-likeness (QED) is 0.581. The summed E-state index contributed by atoms with van der Waals surface area (Å²) in [6, 6.07) is 0. The molecule has 0 amide bonds. The van der Waals surface area contributed by atoms with Crippen LogP contribution in [0.2, 0.25) is 0 Å². The van der Waals surface area contributed by atoms with Gasteiger partial charge in [-0.25, -0.2) is 0 Å². The molecular weight excluding hydrogens is 132 g/mol. The summed E-state index contributed by atoms with van der Waals surface area (Å²) >= 11 is 0. The third-order valence-corrected chi connectivity index (χ3v) is 3.53. The highest BCUT2D eigenvalue weighted by atomic mass is 14.6. The molecule has 0 aromatic heterocycles. The second-order valence-corrected chi connectivity index (χ2v) is 5.19. The van der Waals surface area contributed by atoms with Crippen molar-refractivity contribution < 1.29 is 0 Å². The molecule has 0 aromatic carbocycles. The smallest absolute Gasteiger partial charge is 0.0271 e. The van der Waals surface area contributed by atoms with Gasteiger partial charge in [0.05, 0.1) is 0 Å². The van der Waals surface area contributed by atoms with Crippen LogP contribution < -0.4 is 0 Å². The van der Waals surface area contributed by atoms with Gasteiger partial charge in [0.1, 0.15) is 0 Å². The van der Waals surface area contributed by atoms with Gasteiger partial charge in [0.15, 0.2) is 0 Å². The molecule has 0 heterocycles. The lowest BCUT2D eigenvalue weighted by Gasteiger charge is -2.16. The molecule has 0 bridgehead atoms. The predicted molar refractivity (Wildman–Crippen MR) is 50.5 cm³/mol. The Morgan fingerprint density at radius 3 is 2.09 bits per heavy atom. The van der Waals surface area contributed by atoms with E-state index in [1.807, 2.05) is 0 Å². The van der Waals surface area contributed by atoms with Crippen molar-refractivity contribution in [3.05, 3.63) is 0 Å². The fraction of sp³-hybridized carbons (Fsp3) is 1.00. The fourth-order valence-corrected chi connectivity index (χ4v) is 2.10. The van der Waals surface area contributed by atoms with Gasteiger partial charge in [-0.05, 0) is 36.0 Å². The topological polar surface area (TPSA) is 0 Å². The van der Waals surface area contributed by atoms with Crippen molar-refractivity contribution in [3.8, 4) is 0 Å². The average Bonchev–Trinajstić information content (AvgIpc) is 2.42. The third-order valence-electron chi connectivity index (χ3n) is 3.53. The van der Waals surface area contributed by atoms with Gasteiger partial charge in [0.2, 0.25) is 0 Å². The molecule has 1 aliphatic carbocycles. The Morgan fingerprint density at radius 2 is 1.82 bits per heavy atom. The molecule has 0 heteroatoms. The molecule has 1 rings (SSSR count). The van der Waals surface area contributed by atoms with Crippen molar-refractivity contribution in [2.45, 2.75) is 47.5 Å². The van der Waals surface area contributed by atoms with E-state index < -0.39 is 0 Å². The maximum atomic E-state index is 2.45. The first-order chi connectivity index (χ1) is 4.97. The lowest BCUT2D eigenvalue weighted by Crippen LogP contribution is -2.08. The van der Waals surface area contributed by atoms with Gasteiger partial charge in [0.25, 0.3) is 0 Å². The molecule has 0 N–H and O–H groups in total. The highest BCUT2D eigenvalue weighted by Crippen LogP contribution is 2.59.